The fourth-order valence-electron chi connectivity index (χ4n) is 5.90. The average Bonchev–Trinajstić information content (AvgIpc) is 3.48. The molecule has 0 saturated carbocycles. The number of carbonyl (C=O) groups excluding carboxylic acids is 1. The Hall–Kier alpha value is -3.85. The minimum absolute atomic E-state index is 0.00480. The Morgan fingerprint density at radius 2 is 1.60 bits per heavy atom. The number of nitrogens with zero attached hydrogens (tertiary/aromatic N) is 1. The van der Waals surface area contributed by atoms with Crippen molar-refractivity contribution in [3.63, 3.8) is 0 Å². The molecule has 2 aliphatic rings. The Bertz CT molecular complexity index is 1510. The predicted molar refractivity (Wildman–Crippen MR) is 165 cm³/mol. The number of hydrogen-bond acceptors (Lipinski definition) is 6. The normalized spacial score (nSPS) is 22.4. The molecule has 4 atom stereocenters. The maximum Gasteiger partial charge on any atom is 0.251 e. The summed E-state index contributed by atoms with van der Waals surface area (Å²) in [6, 6.07) is 33.6. The van der Waals surface area contributed by atoms with E-state index >= 15 is 0 Å². The molecule has 4 aromatic rings. The van der Waals surface area contributed by atoms with E-state index in [2.05, 4.69) is 34.5 Å². The lowest BCUT2D eigenvalue weighted by molar-refractivity contribution is -0.252. The third-order valence-electron chi connectivity index (χ3n) is 8.23. The molecule has 0 spiro atoms. The fraction of sp³-hybridized carbons (Fsp3) is 0.306. The second kappa shape index (κ2) is 13.6. The Morgan fingerprint density at radius 3 is 2.35 bits per heavy atom. The Labute approximate surface area is 252 Å². The number of amides is 1. The number of β-amino-alcohol motifs (C(OH)–C–C–N with tert-alkyl or cyclic N) is 1. The van der Waals surface area contributed by atoms with E-state index in [1.165, 1.54) is 0 Å². The molecule has 7 nitrogen and oxygen atoms in total. The highest BCUT2D eigenvalue weighted by atomic mass is 16.7. The molecule has 0 radical (unpaired) electrons. The van der Waals surface area contributed by atoms with E-state index in [1.807, 2.05) is 66.7 Å². The number of nitrogens with one attached hydrogen (secondary N) is 1. The summed E-state index contributed by atoms with van der Waals surface area (Å²) in [5.74, 6) is -0.0989. The van der Waals surface area contributed by atoms with Crippen LogP contribution in [0, 0.1) is 0 Å². The molecule has 2 saturated heterocycles. The summed E-state index contributed by atoms with van der Waals surface area (Å²) in [4.78, 5) is 14.8. The van der Waals surface area contributed by atoms with Crippen molar-refractivity contribution in [2.75, 3.05) is 19.6 Å². The molecule has 4 aromatic carbocycles. The third-order valence-corrected chi connectivity index (χ3v) is 8.23. The monoisotopic (exact) mass is 578 g/mol. The van der Waals surface area contributed by atoms with E-state index < -0.39 is 6.29 Å². The first-order valence-electron chi connectivity index (χ1n) is 15.0. The summed E-state index contributed by atoms with van der Waals surface area (Å²) in [7, 11) is 0. The number of carbonyl (C=O) groups is 1. The second-order valence-corrected chi connectivity index (χ2v) is 11.4. The van der Waals surface area contributed by atoms with Crippen molar-refractivity contribution in [1.82, 2.24) is 10.2 Å². The van der Waals surface area contributed by atoms with Crippen LogP contribution in [0.2, 0.25) is 0 Å². The van der Waals surface area contributed by atoms with Gasteiger partial charge in [0.15, 0.2) is 6.29 Å². The van der Waals surface area contributed by atoms with E-state index in [0.29, 0.717) is 25.1 Å². The lowest BCUT2D eigenvalue weighted by Gasteiger charge is -2.38. The smallest absolute Gasteiger partial charge is 0.251 e. The molecule has 3 N–H and O–H groups in total. The Kier molecular flexibility index (Phi) is 9.27. The Balaban J connectivity index is 1.20. The van der Waals surface area contributed by atoms with E-state index in [1.54, 1.807) is 12.1 Å². The zero-order chi connectivity index (χ0) is 29.6. The molecule has 0 bridgehead atoms. The molecular weight excluding hydrogens is 540 g/mol. The number of likely N-dealkylation sites (tertiary alicyclic amines) is 1. The van der Waals surface area contributed by atoms with Gasteiger partial charge in [0, 0.05) is 43.7 Å². The van der Waals surface area contributed by atoms with E-state index in [4.69, 9.17) is 9.47 Å². The first-order valence-corrected chi connectivity index (χ1v) is 15.0. The molecule has 2 aliphatic heterocycles. The van der Waals surface area contributed by atoms with Gasteiger partial charge in [-0.15, -0.1) is 0 Å². The highest BCUT2D eigenvalue weighted by molar-refractivity contribution is 5.94. The standard InChI is InChI=1S/C36H38N2O5/c39-24-25-12-14-27(15-13-25)34-20-33(23-38-17-16-32(40)22-38)42-36(43-34)31-11-5-10-30(19-31)29-9-4-6-26(18-29)21-37-35(41)28-7-2-1-3-8-28/h1-15,18-19,32-34,36,39-40H,16-17,20-24H2,(H,37,41)/t32-,33+,34-,36-/m0/s1. The average molecular weight is 579 g/mol. The number of aliphatic hydroxyl groups is 2. The van der Waals surface area contributed by atoms with Crippen molar-refractivity contribution in [1.29, 1.82) is 0 Å². The van der Waals surface area contributed by atoms with Crippen molar-refractivity contribution in [3.8, 4) is 11.1 Å². The minimum Gasteiger partial charge on any atom is -0.392 e. The van der Waals surface area contributed by atoms with E-state index in [0.717, 1.165) is 52.9 Å². The van der Waals surface area contributed by atoms with Gasteiger partial charge < -0.3 is 25.0 Å². The number of benzene rings is 4. The van der Waals surface area contributed by atoms with Gasteiger partial charge >= 0.3 is 0 Å². The second-order valence-electron chi connectivity index (χ2n) is 11.4. The lowest BCUT2D eigenvalue weighted by Crippen LogP contribution is -2.38. The van der Waals surface area contributed by atoms with Crippen LogP contribution < -0.4 is 5.32 Å². The quantitative estimate of drug-likeness (QED) is 0.247. The number of aliphatic hydroxyl groups excluding tert-OH is 2. The summed E-state index contributed by atoms with van der Waals surface area (Å²) < 4.78 is 13.1. The van der Waals surface area contributed by atoms with E-state index in [9.17, 15) is 15.0 Å². The van der Waals surface area contributed by atoms with Crippen molar-refractivity contribution in [2.45, 2.75) is 50.6 Å². The zero-order valence-electron chi connectivity index (χ0n) is 24.1. The van der Waals surface area contributed by atoms with Gasteiger partial charge in [0.1, 0.15) is 0 Å². The van der Waals surface area contributed by atoms with Crippen LogP contribution in [-0.4, -0.2) is 52.9 Å². The third kappa shape index (κ3) is 7.39. The summed E-state index contributed by atoms with van der Waals surface area (Å²) >= 11 is 0. The molecule has 2 fully saturated rings. The van der Waals surface area contributed by atoms with Crippen LogP contribution in [0.25, 0.3) is 11.1 Å². The van der Waals surface area contributed by atoms with Crippen molar-refractivity contribution in [2.24, 2.45) is 0 Å². The van der Waals surface area contributed by atoms with Gasteiger partial charge in [0.2, 0.25) is 0 Å². The van der Waals surface area contributed by atoms with E-state index in [-0.39, 0.29) is 30.8 Å². The van der Waals surface area contributed by atoms with Crippen LogP contribution in [-0.2, 0) is 22.6 Å². The lowest BCUT2D eigenvalue weighted by atomic mass is 9.98. The van der Waals surface area contributed by atoms with Gasteiger partial charge in [-0.1, -0.05) is 78.9 Å². The first-order chi connectivity index (χ1) is 21.0. The maximum atomic E-state index is 12.5. The molecule has 0 aromatic heterocycles. The molecule has 0 aliphatic carbocycles. The number of ether oxygens (including phenoxy) is 2. The van der Waals surface area contributed by atoms with Gasteiger partial charge in [-0.05, 0) is 58.5 Å². The van der Waals surface area contributed by atoms with Gasteiger partial charge in [-0.2, -0.15) is 0 Å². The molecular formula is C36H38N2O5. The summed E-state index contributed by atoms with van der Waals surface area (Å²) in [5.41, 5.74) is 6.58. The summed E-state index contributed by atoms with van der Waals surface area (Å²) in [6.07, 6.45) is 0.433. The highest BCUT2D eigenvalue weighted by Gasteiger charge is 2.34. The molecule has 2 heterocycles. The molecule has 0 unspecified atom stereocenters. The maximum absolute atomic E-state index is 12.5. The van der Waals surface area contributed by atoms with Crippen molar-refractivity contribution < 1.29 is 24.5 Å². The largest absolute Gasteiger partial charge is 0.392 e. The van der Waals surface area contributed by atoms with Crippen LogP contribution >= 0.6 is 0 Å². The molecule has 43 heavy (non-hydrogen) atoms. The number of rotatable bonds is 9. The summed E-state index contributed by atoms with van der Waals surface area (Å²) in [6.45, 7) is 2.70. The minimum atomic E-state index is -0.554. The zero-order valence-corrected chi connectivity index (χ0v) is 24.1. The van der Waals surface area contributed by atoms with Crippen LogP contribution in [0.1, 0.15) is 57.8 Å². The van der Waals surface area contributed by atoms with Crippen molar-refractivity contribution >= 4 is 5.91 Å². The predicted octanol–water partition coefficient (Wildman–Crippen LogP) is 5.39. The fourth-order valence-corrected chi connectivity index (χ4v) is 5.90. The van der Waals surface area contributed by atoms with Crippen LogP contribution in [0.3, 0.4) is 0 Å². The topological polar surface area (TPSA) is 91.3 Å². The SMILES string of the molecule is O=C(NCc1cccc(-c2cccc([C@H]3O[C@@H](CN4CC[C@H](O)C4)C[C@@H](c4ccc(CO)cc4)O3)c2)c1)c1ccccc1. The van der Waals surface area contributed by atoms with Crippen molar-refractivity contribution in [3.05, 3.63) is 131 Å². The molecule has 6 rings (SSSR count). The number of hydrogen-bond donors (Lipinski definition) is 3. The first kappa shape index (κ1) is 29.2. The molecule has 1 amide bonds. The molecule has 7 heteroatoms. The van der Waals surface area contributed by atoms with Gasteiger partial charge in [0.05, 0.1) is 24.9 Å². The Morgan fingerprint density at radius 1 is 0.837 bits per heavy atom. The highest BCUT2D eigenvalue weighted by Crippen LogP contribution is 2.39. The van der Waals surface area contributed by atoms with Crippen LogP contribution in [0.4, 0.5) is 0 Å². The summed E-state index contributed by atoms with van der Waals surface area (Å²) in [5, 5.41) is 22.6. The molecule has 222 valence electrons. The van der Waals surface area contributed by atoms with Gasteiger partial charge in [-0.25, -0.2) is 0 Å². The van der Waals surface area contributed by atoms with Gasteiger partial charge in [-0.3, -0.25) is 9.69 Å². The van der Waals surface area contributed by atoms with Gasteiger partial charge in [0.25, 0.3) is 5.91 Å². The van der Waals surface area contributed by atoms with Crippen LogP contribution in [0.5, 0.6) is 0 Å². The van der Waals surface area contributed by atoms with Crippen LogP contribution in [0.15, 0.2) is 103 Å².